The molecule has 1 N–H and O–H groups in total. The Labute approximate surface area is 125 Å². The molecular formula is C15H10N6O. The van der Waals surface area contributed by atoms with Gasteiger partial charge in [-0.1, -0.05) is 30.3 Å². The van der Waals surface area contributed by atoms with Crippen LogP contribution in [0.25, 0.3) is 34.3 Å². The Hall–Kier alpha value is -3.35. The van der Waals surface area contributed by atoms with Crippen LogP contribution in [0.4, 0.5) is 0 Å². The van der Waals surface area contributed by atoms with Crippen LogP contribution in [0.2, 0.25) is 0 Å². The maximum Gasteiger partial charge on any atom is 0.248 e. The van der Waals surface area contributed by atoms with Gasteiger partial charge in [-0.05, 0) is 29.5 Å². The molecule has 0 unspecified atom stereocenters. The molecule has 0 aliphatic carbocycles. The van der Waals surface area contributed by atoms with Crippen LogP contribution in [0.1, 0.15) is 0 Å². The van der Waals surface area contributed by atoms with Crippen molar-refractivity contribution >= 4 is 0 Å². The van der Waals surface area contributed by atoms with Crippen molar-refractivity contribution in [3.05, 3.63) is 54.6 Å². The van der Waals surface area contributed by atoms with Gasteiger partial charge in [-0.15, -0.1) is 20.4 Å². The van der Waals surface area contributed by atoms with E-state index in [1.54, 1.807) is 0 Å². The fraction of sp³-hybridized carbons (Fsp3) is 0. The SMILES string of the molecule is c1ccc(-c2nnc(-c3ccc(-c4nn[nH]n4)cc3)o2)cc1. The number of hydrogen-bond acceptors (Lipinski definition) is 6. The van der Waals surface area contributed by atoms with Gasteiger partial charge in [0, 0.05) is 16.7 Å². The lowest BCUT2D eigenvalue weighted by molar-refractivity contribution is 0.584. The minimum Gasteiger partial charge on any atom is -0.416 e. The molecule has 4 rings (SSSR count). The van der Waals surface area contributed by atoms with Crippen molar-refractivity contribution in [2.75, 3.05) is 0 Å². The van der Waals surface area contributed by atoms with Crippen molar-refractivity contribution in [1.29, 1.82) is 0 Å². The first-order valence-electron chi connectivity index (χ1n) is 6.63. The number of tetrazole rings is 1. The molecule has 0 spiro atoms. The highest BCUT2D eigenvalue weighted by Crippen LogP contribution is 2.25. The Morgan fingerprint density at radius 2 is 1.32 bits per heavy atom. The normalized spacial score (nSPS) is 10.7. The first kappa shape index (κ1) is 12.4. The molecular weight excluding hydrogens is 280 g/mol. The number of nitrogens with one attached hydrogen (secondary N) is 1. The zero-order chi connectivity index (χ0) is 14.8. The molecule has 106 valence electrons. The van der Waals surface area contributed by atoms with Gasteiger partial charge in [-0.25, -0.2) is 0 Å². The molecule has 22 heavy (non-hydrogen) atoms. The van der Waals surface area contributed by atoms with Gasteiger partial charge in [0.1, 0.15) is 0 Å². The molecule has 2 heterocycles. The van der Waals surface area contributed by atoms with E-state index >= 15 is 0 Å². The van der Waals surface area contributed by atoms with E-state index in [9.17, 15) is 0 Å². The van der Waals surface area contributed by atoms with Crippen LogP contribution in [-0.4, -0.2) is 30.8 Å². The Morgan fingerprint density at radius 3 is 1.95 bits per heavy atom. The topological polar surface area (TPSA) is 93.4 Å². The third-order valence-corrected chi connectivity index (χ3v) is 3.18. The van der Waals surface area contributed by atoms with Crippen LogP contribution >= 0.6 is 0 Å². The van der Waals surface area contributed by atoms with Crippen LogP contribution in [0.15, 0.2) is 59.0 Å². The highest BCUT2D eigenvalue weighted by molar-refractivity contribution is 5.63. The second-order valence-corrected chi connectivity index (χ2v) is 4.59. The number of H-pyrrole nitrogens is 1. The van der Waals surface area contributed by atoms with Crippen LogP contribution in [0.3, 0.4) is 0 Å². The van der Waals surface area contributed by atoms with Gasteiger partial charge < -0.3 is 4.42 Å². The molecule has 2 aromatic heterocycles. The second-order valence-electron chi connectivity index (χ2n) is 4.59. The minimum atomic E-state index is 0.471. The third kappa shape index (κ3) is 2.24. The van der Waals surface area contributed by atoms with E-state index in [4.69, 9.17) is 4.42 Å². The number of benzene rings is 2. The van der Waals surface area contributed by atoms with Crippen molar-refractivity contribution in [2.45, 2.75) is 0 Å². The summed E-state index contributed by atoms with van der Waals surface area (Å²) in [7, 11) is 0. The van der Waals surface area contributed by atoms with Gasteiger partial charge in [-0.2, -0.15) is 5.21 Å². The third-order valence-electron chi connectivity index (χ3n) is 3.18. The fourth-order valence-electron chi connectivity index (χ4n) is 2.08. The average Bonchev–Trinajstić information content (AvgIpc) is 3.28. The maximum absolute atomic E-state index is 5.71. The summed E-state index contributed by atoms with van der Waals surface area (Å²) in [5, 5.41) is 22.0. The van der Waals surface area contributed by atoms with Crippen molar-refractivity contribution in [1.82, 2.24) is 30.8 Å². The fourth-order valence-corrected chi connectivity index (χ4v) is 2.08. The summed E-state index contributed by atoms with van der Waals surface area (Å²) >= 11 is 0. The Morgan fingerprint density at radius 1 is 0.682 bits per heavy atom. The molecule has 0 saturated carbocycles. The summed E-state index contributed by atoms with van der Waals surface area (Å²) in [6, 6.07) is 17.2. The number of nitrogens with zero attached hydrogens (tertiary/aromatic N) is 5. The van der Waals surface area contributed by atoms with Crippen molar-refractivity contribution in [3.63, 3.8) is 0 Å². The summed E-state index contributed by atoms with van der Waals surface area (Å²) in [6.45, 7) is 0. The van der Waals surface area contributed by atoms with Gasteiger partial charge in [0.2, 0.25) is 17.6 Å². The van der Waals surface area contributed by atoms with Gasteiger partial charge in [0.25, 0.3) is 0 Å². The van der Waals surface area contributed by atoms with Crippen LogP contribution in [-0.2, 0) is 0 Å². The van der Waals surface area contributed by atoms with Gasteiger partial charge in [0.05, 0.1) is 0 Å². The highest BCUT2D eigenvalue weighted by Gasteiger charge is 2.11. The number of rotatable bonds is 3. The average molecular weight is 290 g/mol. The lowest BCUT2D eigenvalue weighted by Gasteiger charge is -1.97. The zero-order valence-electron chi connectivity index (χ0n) is 11.3. The summed E-state index contributed by atoms with van der Waals surface area (Å²) in [6.07, 6.45) is 0. The first-order valence-corrected chi connectivity index (χ1v) is 6.63. The Bertz CT molecular complexity index is 868. The summed E-state index contributed by atoms with van der Waals surface area (Å²) in [5.74, 6) is 1.51. The molecule has 2 aromatic carbocycles. The molecule has 0 atom stereocenters. The second kappa shape index (κ2) is 5.21. The van der Waals surface area contributed by atoms with Crippen LogP contribution < -0.4 is 0 Å². The molecule has 0 aliphatic rings. The van der Waals surface area contributed by atoms with Gasteiger partial charge >= 0.3 is 0 Å². The zero-order valence-corrected chi connectivity index (χ0v) is 11.3. The lowest BCUT2D eigenvalue weighted by atomic mass is 10.1. The van der Waals surface area contributed by atoms with E-state index in [1.165, 1.54) is 0 Å². The van der Waals surface area contributed by atoms with Gasteiger partial charge in [-0.3, -0.25) is 0 Å². The predicted octanol–water partition coefficient (Wildman–Crippen LogP) is 2.58. The monoisotopic (exact) mass is 290 g/mol. The quantitative estimate of drug-likeness (QED) is 0.623. The number of aromatic amines is 1. The summed E-state index contributed by atoms with van der Waals surface area (Å²) < 4.78 is 5.71. The molecule has 7 heteroatoms. The molecule has 0 bridgehead atoms. The minimum absolute atomic E-state index is 0.471. The predicted molar refractivity (Wildman–Crippen MR) is 78.3 cm³/mol. The molecule has 4 aromatic rings. The van der Waals surface area contributed by atoms with E-state index in [1.807, 2.05) is 54.6 Å². The standard InChI is InChI=1S/C15H10N6O/c1-2-4-11(5-3-1)14-18-19-15(22-14)12-8-6-10(7-9-12)13-16-20-21-17-13/h1-9H,(H,16,17,20,21). The molecule has 7 nitrogen and oxygen atoms in total. The van der Waals surface area contributed by atoms with Crippen molar-refractivity contribution in [2.24, 2.45) is 0 Å². The number of aromatic nitrogens is 6. The highest BCUT2D eigenvalue weighted by atomic mass is 16.4. The Balaban J connectivity index is 1.64. The van der Waals surface area contributed by atoms with Gasteiger partial charge in [0.15, 0.2) is 0 Å². The molecule has 0 fully saturated rings. The maximum atomic E-state index is 5.71. The summed E-state index contributed by atoms with van der Waals surface area (Å²) in [5.41, 5.74) is 2.59. The van der Waals surface area contributed by atoms with Crippen molar-refractivity contribution in [3.8, 4) is 34.3 Å². The van der Waals surface area contributed by atoms with Crippen molar-refractivity contribution < 1.29 is 4.42 Å². The van der Waals surface area contributed by atoms with Crippen LogP contribution in [0, 0.1) is 0 Å². The van der Waals surface area contributed by atoms with E-state index in [0.717, 1.165) is 16.7 Å². The van der Waals surface area contributed by atoms with E-state index < -0.39 is 0 Å². The first-order chi connectivity index (χ1) is 10.9. The number of hydrogen-bond donors (Lipinski definition) is 1. The Kier molecular flexibility index (Phi) is 2.93. The molecule has 0 aliphatic heterocycles. The van der Waals surface area contributed by atoms with E-state index in [0.29, 0.717) is 17.6 Å². The summed E-state index contributed by atoms with van der Waals surface area (Å²) in [4.78, 5) is 0. The van der Waals surface area contributed by atoms with E-state index in [-0.39, 0.29) is 0 Å². The largest absolute Gasteiger partial charge is 0.416 e. The molecule has 0 saturated heterocycles. The van der Waals surface area contributed by atoms with E-state index in [2.05, 4.69) is 30.8 Å². The lowest BCUT2D eigenvalue weighted by Crippen LogP contribution is -1.82. The van der Waals surface area contributed by atoms with Crippen LogP contribution in [0.5, 0.6) is 0 Å². The molecule has 0 radical (unpaired) electrons. The molecule has 0 amide bonds. The smallest absolute Gasteiger partial charge is 0.248 e.